The van der Waals surface area contributed by atoms with Gasteiger partial charge in [0.25, 0.3) is 0 Å². The van der Waals surface area contributed by atoms with E-state index in [4.69, 9.17) is 0 Å². The van der Waals surface area contributed by atoms with Crippen LogP contribution < -0.4 is 5.32 Å². The Morgan fingerprint density at radius 1 is 1.29 bits per heavy atom. The van der Waals surface area contributed by atoms with Gasteiger partial charge in [-0.25, -0.2) is 0 Å². The molecular weight excluding hydrogens is 524 g/mol. The molecule has 0 unspecified atom stereocenters. The Morgan fingerprint density at radius 2 is 1.96 bits per heavy atom. The Hall–Kier alpha value is -1.55. The number of aromatic nitrogens is 3. The fourth-order valence-electron chi connectivity index (χ4n) is 3.39. The summed E-state index contributed by atoms with van der Waals surface area (Å²) in [6, 6.07) is 6.30. The molecule has 3 rings (SSSR count). The largest absolute Gasteiger partial charge is 0.662 e. The first kappa shape index (κ1) is 24.5. The Kier molecular flexibility index (Phi) is 10.6. The van der Waals surface area contributed by atoms with Crippen molar-refractivity contribution in [1.29, 1.82) is 0 Å². The molecule has 1 aliphatic rings. The van der Waals surface area contributed by atoms with Gasteiger partial charge >= 0.3 is 0 Å². The van der Waals surface area contributed by atoms with Gasteiger partial charge < -0.3 is 10.6 Å². The molecule has 2 aromatic rings. The standard InChI is InChI=1S/C13H19N2.C8H13N3O.Re/c1-10-6-13(7-11(2)15-10)8-12-4-3-5-14-9-12;1-4-7-5-8(9-6(2)12)11(3)10-7;/h6-7,12H,3-5,8-9H2,1-2H3;5H,4H2,1-3H3,(H,9,12);/q-1;;/t12-;;/m1../s1. The number of nitrogens with zero attached hydrogens (tertiary/aromatic N) is 4. The van der Waals surface area contributed by atoms with Crippen LogP contribution in [0.1, 0.15) is 49.3 Å². The molecule has 2 aromatic heterocycles. The Bertz CT molecular complexity index is 733. The van der Waals surface area contributed by atoms with Crippen LogP contribution in [0.3, 0.4) is 0 Å². The van der Waals surface area contributed by atoms with E-state index in [2.05, 4.69) is 46.7 Å². The van der Waals surface area contributed by atoms with Crippen LogP contribution in [-0.2, 0) is 45.1 Å². The zero-order chi connectivity index (χ0) is 19.8. The smallest absolute Gasteiger partial charge is 0.222 e. The van der Waals surface area contributed by atoms with Crippen molar-refractivity contribution in [3.05, 3.63) is 46.2 Å². The molecule has 0 bridgehead atoms. The van der Waals surface area contributed by atoms with Crippen molar-refractivity contribution in [1.82, 2.24) is 14.8 Å². The zero-order valence-electron chi connectivity index (χ0n) is 17.6. The molecule has 0 aromatic carbocycles. The van der Waals surface area contributed by atoms with Gasteiger partial charge in [0.1, 0.15) is 5.82 Å². The first-order valence-corrected chi connectivity index (χ1v) is 9.75. The summed E-state index contributed by atoms with van der Waals surface area (Å²) in [6.45, 7) is 9.79. The molecule has 1 radical (unpaired) electrons. The number of nitrogens with one attached hydrogen (secondary N) is 1. The van der Waals surface area contributed by atoms with E-state index in [0.717, 1.165) is 48.3 Å². The second kappa shape index (κ2) is 12.1. The summed E-state index contributed by atoms with van der Waals surface area (Å²) < 4.78 is 1.67. The second-order valence-electron chi connectivity index (χ2n) is 7.28. The van der Waals surface area contributed by atoms with E-state index in [1.807, 2.05) is 20.0 Å². The van der Waals surface area contributed by atoms with Crippen LogP contribution in [0.15, 0.2) is 18.2 Å². The molecule has 1 amide bonds. The summed E-state index contributed by atoms with van der Waals surface area (Å²) in [5.74, 6) is 1.44. The summed E-state index contributed by atoms with van der Waals surface area (Å²) >= 11 is 0. The number of amides is 1. The van der Waals surface area contributed by atoms with Gasteiger partial charge in [0.2, 0.25) is 5.91 Å². The molecule has 1 saturated heterocycles. The fourth-order valence-corrected chi connectivity index (χ4v) is 3.39. The molecule has 155 valence electrons. The Balaban J connectivity index is 0.000000277. The molecule has 1 aliphatic heterocycles. The minimum Gasteiger partial charge on any atom is -0.662 e. The number of carbonyl (C=O) groups excluding carboxylic acids is 1. The zero-order valence-corrected chi connectivity index (χ0v) is 20.3. The van der Waals surface area contributed by atoms with E-state index in [9.17, 15) is 4.79 Å². The molecule has 1 atom stereocenters. The quantitative estimate of drug-likeness (QED) is 0.620. The normalized spacial score (nSPS) is 15.8. The average molecular weight is 557 g/mol. The van der Waals surface area contributed by atoms with E-state index in [1.165, 1.54) is 31.7 Å². The number of anilines is 1. The molecule has 0 saturated carbocycles. The summed E-state index contributed by atoms with van der Waals surface area (Å²) in [4.78, 5) is 15.1. The van der Waals surface area contributed by atoms with E-state index < -0.39 is 0 Å². The van der Waals surface area contributed by atoms with E-state index in [1.54, 1.807) is 4.68 Å². The van der Waals surface area contributed by atoms with Crippen molar-refractivity contribution in [3.8, 4) is 0 Å². The molecule has 0 aliphatic carbocycles. The fraction of sp³-hybridized carbons (Fsp3) is 0.571. The molecule has 28 heavy (non-hydrogen) atoms. The van der Waals surface area contributed by atoms with Crippen LogP contribution in [0.2, 0.25) is 0 Å². The number of hydrogen-bond donors (Lipinski definition) is 1. The predicted octanol–water partition coefficient (Wildman–Crippen LogP) is 3.96. The van der Waals surface area contributed by atoms with Crippen LogP contribution >= 0.6 is 0 Å². The topological polar surface area (TPSA) is 73.9 Å². The number of rotatable bonds is 4. The van der Waals surface area contributed by atoms with Crippen LogP contribution in [0.25, 0.3) is 5.32 Å². The summed E-state index contributed by atoms with van der Waals surface area (Å²) in [5.41, 5.74) is 4.69. The van der Waals surface area contributed by atoms with Gasteiger partial charge in [-0.3, -0.25) is 14.5 Å². The maximum atomic E-state index is 10.7. The second-order valence-corrected chi connectivity index (χ2v) is 7.28. The van der Waals surface area contributed by atoms with Crippen molar-refractivity contribution in [2.75, 3.05) is 18.4 Å². The number of piperidine rings is 1. The third-order valence-corrected chi connectivity index (χ3v) is 4.58. The first-order valence-electron chi connectivity index (χ1n) is 9.75. The number of pyridine rings is 1. The van der Waals surface area contributed by atoms with E-state index >= 15 is 0 Å². The average Bonchev–Trinajstić information content (AvgIpc) is 2.95. The third kappa shape index (κ3) is 8.22. The number of aryl methyl sites for hydroxylation is 4. The van der Waals surface area contributed by atoms with Crippen LogP contribution in [0.4, 0.5) is 5.82 Å². The van der Waals surface area contributed by atoms with Crippen molar-refractivity contribution < 1.29 is 25.2 Å². The van der Waals surface area contributed by atoms with Crippen molar-refractivity contribution in [3.63, 3.8) is 0 Å². The van der Waals surface area contributed by atoms with E-state index in [-0.39, 0.29) is 26.3 Å². The minimum atomic E-state index is -0.0688. The van der Waals surface area contributed by atoms with Gasteiger partial charge in [-0.15, -0.1) is 13.1 Å². The maximum absolute atomic E-state index is 10.7. The molecule has 6 nitrogen and oxygen atoms in total. The molecule has 7 heteroatoms. The Morgan fingerprint density at radius 3 is 2.46 bits per heavy atom. The molecule has 1 N–H and O–H groups in total. The van der Waals surface area contributed by atoms with Gasteiger partial charge in [0.05, 0.1) is 5.69 Å². The number of carbonyl (C=O) groups is 1. The molecule has 0 spiro atoms. The van der Waals surface area contributed by atoms with Crippen LogP contribution in [0, 0.1) is 19.8 Å². The van der Waals surface area contributed by atoms with Crippen molar-refractivity contribution in [2.45, 2.75) is 53.4 Å². The molecule has 1 fully saturated rings. The monoisotopic (exact) mass is 557 g/mol. The number of hydrogen-bond acceptors (Lipinski definition) is 3. The SMILES string of the molecule is CCc1cc(NC(C)=O)n(C)n1.Cc1cc(C[C@H]2CCC[N-]C2)cc(C)n1.[Re]. The maximum Gasteiger partial charge on any atom is 0.222 e. The summed E-state index contributed by atoms with van der Waals surface area (Å²) in [7, 11) is 1.81. The van der Waals surface area contributed by atoms with Crippen LogP contribution in [0.5, 0.6) is 0 Å². The summed E-state index contributed by atoms with van der Waals surface area (Å²) in [6.07, 6.45) is 4.67. The van der Waals surface area contributed by atoms with Gasteiger partial charge in [-0.05, 0) is 44.4 Å². The predicted molar refractivity (Wildman–Crippen MR) is 110 cm³/mol. The summed E-state index contributed by atoms with van der Waals surface area (Å²) in [5, 5.41) is 11.4. The molecule has 3 heterocycles. The Labute approximate surface area is 182 Å². The van der Waals surface area contributed by atoms with Gasteiger partial charge in [-0.1, -0.05) is 25.7 Å². The molecular formula is C21H32N5ORe-. The van der Waals surface area contributed by atoms with Gasteiger partial charge in [-0.2, -0.15) is 5.10 Å². The van der Waals surface area contributed by atoms with E-state index in [0.29, 0.717) is 0 Å². The first-order chi connectivity index (χ1) is 12.9. The van der Waals surface area contributed by atoms with Gasteiger partial charge in [0.15, 0.2) is 0 Å². The van der Waals surface area contributed by atoms with Crippen molar-refractivity contribution in [2.24, 2.45) is 13.0 Å². The third-order valence-electron chi connectivity index (χ3n) is 4.58. The van der Waals surface area contributed by atoms with Crippen LogP contribution in [-0.4, -0.2) is 33.8 Å². The minimum absolute atomic E-state index is 0. The van der Waals surface area contributed by atoms with Crippen molar-refractivity contribution >= 4 is 11.7 Å². The van der Waals surface area contributed by atoms with Gasteiger partial charge in [0, 0.05) is 51.8 Å².